The van der Waals surface area contributed by atoms with Crippen molar-refractivity contribution in [2.24, 2.45) is 7.05 Å². The van der Waals surface area contributed by atoms with E-state index < -0.39 is 16.3 Å². The van der Waals surface area contributed by atoms with Crippen molar-refractivity contribution in [1.82, 2.24) is 4.57 Å². The Bertz CT molecular complexity index is 645. The first-order chi connectivity index (χ1) is 9.20. The zero-order valence-electron chi connectivity index (χ0n) is 11.6. The number of aliphatic hydroxyl groups excluding tert-OH is 1. The number of nitrogens with zero attached hydrogens (tertiary/aromatic N) is 2. The summed E-state index contributed by atoms with van der Waals surface area (Å²) in [5, 5.41) is 8.99. The second kappa shape index (κ2) is 6.65. The fraction of sp³-hybridized carbons (Fsp3) is 0.308. The van der Waals surface area contributed by atoms with Gasteiger partial charge in [0.2, 0.25) is 6.33 Å². The molecule has 0 radical (unpaired) electrons. The number of hydrogen-bond donors (Lipinski definition) is 1. The van der Waals surface area contributed by atoms with Crippen molar-refractivity contribution in [3.8, 4) is 0 Å². The third-order valence-corrected chi connectivity index (χ3v) is 3.38. The molecule has 1 aromatic carbocycles. The quantitative estimate of drug-likeness (QED) is 0.654. The van der Waals surface area contributed by atoms with E-state index in [9.17, 15) is 13.0 Å². The summed E-state index contributed by atoms with van der Waals surface area (Å²) in [6.07, 6.45) is 5.10. The van der Waals surface area contributed by atoms with Gasteiger partial charge in [0.25, 0.3) is 0 Å². The van der Waals surface area contributed by atoms with Crippen molar-refractivity contribution >= 4 is 10.1 Å². The van der Waals surface area contributed by atoms with E-state index in [1.165, 1.54) is 12.1 Å². The van der Waals surface area contributed by atoms with E-state index in [4.69, 9.17) is 5.11 Å². The van der Waals surface area contributed by atoms with Crippen molar-refractivity contribution in [3.05, 3.63) is 48.5 Å². The minimum Gasteiger partial charge on any atom is -0.744 e. The van der Waals surface area contributed by atoms with Crippen LogP contribution in [0.15, 0.2) is 47.9 Å². The molecule has 1 heterocycles. The summed E-state index contributed by atoms with van der Waals surface area (Å²) in [6.45, 7) is 3.54. The highest BCUT2D eigenvalue weighted by molar-refractivity contribution is 7.85. The highest BCUT2D eigenvalue weighted by atomic mass is 32.2. The van der Waals surface area contributed by atoms with Crippen LogP contribution in [0, 0.1) is 6.92 Å². The molecule has 110 valence electrons. The molecule has 6 nitrogen and oxygen atoms in total. The van der Waals surface area contributed by atoms with Crippen LogP contribution in [-0.2, 0) is 17.2 Å². The van der Waals surface area contributed by atoms with Crippen LogP contribution in [0.4, 0.5) is 0 Å². The lowest BCUT2D eigenvalue weighted by Crippen LogP contribution is -2.24. The maximum absolute atomic E-state index is 10.4. The molecule has 0 bridgehead atoms. The summed E-state index contributed by atoms with van der Waals surface area (Å²) < 4.78 is 34.8. The molecule has 0 saturated carbocycles. The van der Waals surface area contributed by atoms with Crippen molar-refractivity contribution < 1.29 is 22.6 Å². The van der Waals surface area contributed by atoms with Crippen molar-refractivity contribution in [2.75, 3.05) is 0 Å². The van der Waals surface area contributed by atoms with E-state index in [2.05, 4.69) is 0 Å². The Labute approximate surface area is 118 Å². The minimum absolute atomic E-state index is 0.178. The number of aromatic nitrogens is 2. The number of aryl methyl sites for hydroxylation is 2. The molecule has 20 heavy (non-hydrogen) atoms. The van der Waals surface area contributed by atoms with Crippen molar-refractivity contribution in [2.45, 2.75) is 25.0 Å². The average molecular weight is 298 g/mol. The number of benzene rings is 1. The predicted molar refractivity (Wildman–Crippen MR) is 71.7 cm³/mol. The number of hydrogen-bond acceptors (Lipinski definition) is 4. The number of aliphatic hydroxyl groups is 1. The van der Waals surface area contributed by atoms with E-state index in [-0.39, 0.29) is 4.90 Å². The fourth-order valence-corrected chi connectivity index (χ4v) is 1.86. The molecule has 1 aromatic heterocycles. The van der Waals surface area contributed by atoms with Crippen LogP contribution in [-0.4, -0.2) is 22.6 Å². The standard InChI is InChI=1S/C7H8O3S.C6H11N2O/c1-6-2-4-7(5-3-6)11(8,9)10;1-6(9)8-4-3-7(2)5-8/h2-5H,1H3,(H,8,9,10);3-6,9H,1-2H3/q;+1/p-1. The molecule has 1 atom stereocenters. The highest BCUT2D eigenvalue weighted by Crippen LogP contribution is 2.08. The zero-order valence-corrected chi connectivity index (χ0v) is 12.4. The smallest absolute Gasteiger partial charge is 0.245 e. The molecule has 1 unspecified atom stereocenters. The van der Waals surface area contributed by atoms with Gasteiger partial charge in [-0.15, -0.1) is 0 Å². The number of rotatable bonds is 2. The summed E-state index contributed by atoms with van der Waals surface area (Å²) >= 11 is 0. The van der Waals surface area contributed by atoms with Gasteiger partial charge in [0.1, 0.15) is 22.5 Å². The predicted octanol–water partition coefficient (Wildman–Crippen LogP) is 0.723. The first-order valence-corrected chi connectivity index (χ1v) is 7.34. The summed E-state index contributed by atoms with van der Waals surface area (Å²) in [5.74, 6) is 0. The van der Waals surface area contributed by atoms with E-state index in [0.29, 0.717) is 0 Å². The van der Waals surface area contributed by atoms with Crippen LogP contribution < -0.4 is 4.57 Å². The Morgan fingerprint density at radius 3 is 2.15 bits per heavy atom. The maximum Gasteiger partial charge on any atom is 0.245 e. The summed E-state index contributed by atoms with van der Waals surface area (Å²) in [5.41, 5.74) is 0.928. The van der Waals surface area contributed by atoms with Gasteiger partial charge in [-0.25, -0.2) is 17.6 Å². The molecule has 0 saturated heterocycles. The summed E-state index contributed by atoms with van der Waals surface area (Å²) in [4.78, 5) is -0.178. The molecular weight excluding hydrogens is 280 g/mol. The van der Waals surface area contributed by atoms with E-state index >= 15 is 0 Å². The van der Waals surface area contributed by atoms with Crippen LogP contribution in [0.5, 0.6) is 0 Å². The first kappa shape index (κ1) is 16.4. The zero-order chi connectivity index (χ0) is 15.3. The monoisotopic (exact) mass is 298 g/mol. The molecule has 1 N–H and O–H groups in total. The molecule has 0 fully saturated rings. The van der Waals surface area contributed by atoms with Gasteiger partial charge in [-0.3, -0.25) is 0 Å². The molecule has 2 aromatic rings. The van der Waals surface area contributed by atoms with Crippen LogP contribution in [0.3, 0.4) is 0 Å². The third kappa shape index (κ3) is 5.12. The van der Waals surface area contributed by atoms with Crippen LogP contribution in [0.1, 0.15) is 18.7 Å². The van der Waals surface area contributed by atoms with Gasteiger partial charge in [-0.1, -0.05) is 17.7 Å². The molecule has 0 aliphatic rings. The van der Waals surface area contributed by atoms with Gasteiger partial charge in [-0.05, 0) is 19.1 Å². The summed E-state index contributed by atoms with van der Waals surface area (Å²) in [7, 11) is -2.35. The lowest BCUT2D eigenvalue weighted by Gasteiger charge is -2.05. The molecular formula is C13H18N2O4S. The Hall–Kier alpha value is -1.70. The molecule has 0 aliphatic heterocycles. The Morgan fingerprint density at radius 2 is 1.85 bits per heavy atom. The molecule has 0 aliphatic carbocycles. The van der Waals surface area contributed by atoms with Gasteiger partial charge < -0.3 is 9.66 Å². The summed E-state index contributed by atoms with van der Waals surface area (Å²) in [6, 6.07) is 5.78. The molecule has 2 rings (SSSR count). The lowest BCUT2D eigenvalue weighted by molar-refractivity contribution is -0.671. The van der Waals surface area contributed by atoms with Crippen molar-refractivity contribution in [1.29, 1.82) is 0 Å². The van der Waals surface area contributed by atoms with Gasteiger partial charge in [-0.2, -0.15) is 0 Å². The maximum atomic E-state index is 10.4. The largest absolute Gasteiger partial charge is 0.744 e. The van der Waals surface area contributed by atoms with Crippen LogP contribution in [0.2, 0.25) is 0 Å². The van der Waals surface area contributed by atoms with Gasteiger partial charge in [0, 0.05) is 6.92 Å². The second-order valence-electron chi connectivity index (χ2n) is 4.43. The van der Waals surface area contributed by atoms with Gasteiger partial charge >= 0.3 is 0 Å². The van der Waals surface area contributed by atoms with Crippen molar-refractivity contribution in [3.63, 3.8) is 0 Å². The second-order valence-corrected chi connectivity index (χ2v) is 5.80. The average Bonchev–Trinajstić information content (AvgIpc) is 2.76. The Kier molecular flexibility index (Phi) is 5.43. The molecule has 0 amide bonds. The molecule has 0 spiro atoms. The topological polar surface area (TPSA) is 86.2 Å². The van der Waals surface area contributed by atoms with Crippen LogP contribution >= 0.6 is 0 Å². The van der Waals surface area contributed by atoms with Crippen LogP contribution in [0.25, 0.3) is 0 Å². The van der Waals surface area contributed by atoms with Gasteiger partial charge in [0.15, 0.2) is 6.23 Å². The van der Waals surface area contributed by atoms with E-state index in [0.717, 1.165) is 5.56 Å². The lowest BCUT2D eigenvalue weighted by atomic mass is 10.2. The van der Waals surface area contributed by atoms with E-state index in [1.807, 2.05) is 37.3 Å². The highest BCUT2D eigenvalue weighted by Gasteiger charge is 2.03. The normalized spacial score (nSPS) is 12.4. The third-order valence-electron chi connectivity index (χ3n) is 2.53. The Morgan fingerprint density at radius 1 is 1.30 bits per heavy atom. The van der Waals surface area contributed by atoms with Gasteiger partial charge in [0.05, 0.1) is 11.9 Å². The molecule has 7 heteroatoms. The SMILES string of the molecule is CC(O)n1cc[n+](C)c1.Cc1ccc(S(=O)(=O)[O-])cc1. The van der Waals surface area contributed by atoms with E-state index in [1.54, 1.807) is 23.6 Å². The number of imidazole rings is 1. The fourth-order valence-electron chi connectivity index (χ4n) is 1.40. The first-order valence-electron chi connectivity index (χ1n) is 5.93. The Balaban J connectivity index is 0.000000204. The minimum atomic E-state index is -4.27.